The van der Waals surface area contributed by atoms with Crippen LogP contribution in [-0.2, 0) is 29.4 Å². The highest BCUT2D eigenvalue weighted by molar-refractivity contribution is 6.02. The van der Waals surface area contributed by atoms with E-state index in [-0.39, 0.29) is 23.8 Å². The Labute approximate surface area is 271 Å². The normalized spacial score (nSPS) is 13.7. The standard InChI is InChI=1S/C34H37N7O6/c1-40-28-13-12-23(20-27(28)38-29(40)14-9-21-7-10-22(11-8-21)30(35)39-34(45)47-3)31(42)41-17-15-25(16-18-41)36-33(44)37-26-6-4-5-24(19-26)32(43)46-2/h4-8,10-13,19-20,25H,9,14-18H2,1-3H3,(H2,35,39,45)(H2,36,37,44). The number of benzene rings is 3. The van der Waals surface area contributed by atoms with E-state index in [0.717, 1.165) is 28.8 Å². The number of anilines is 1. The summed E-state index contributed by atoms with van der Waals surface area (Å²) in [6.45, 7) is 1.01. The number of nitrogens with one attached hydrogen (secondary N) is 2. The third kappa shape index (κ3) is 7.93. The van der Waals surface area contributed by atoms with Gasteiger partial charge in [0.1, 0.15) is 11.7 Å². The number of carbonyl (C=O) groups is 4. The van der Waals surface area contributed by atoms with Gasteiger partial charge in [-0.15, -0.1) is 0 Å². The maximum absolute atomic E-state index is 13.4. The van der Waals surface area contributed by atoms with E-state index in [1.165, 1.54) is 14.2 Å². The second kappa shape index (κ2) is 14.6. The molecule has 3 aromatic carbocycles. The molecule has 4 N–H and O–H groups in total. The van der Waals surface area contributed by atoms with Crippen molar-refractivity contribution in [1.29, 1.82) is 0 Å². The first-order valence-corrected chi connectivity index (χ1v) is 15.2. The number of aliphatic imine (C=N–C) groups is 1. The molecule has 0 unspecified atom stereocenters. The zero-order valence-corrected chi connectivity index (χ0v) is 26.5. The fourth-order valence-corrected chi connectivity index (χ4v) is 5.52. The van der Waals surface area contributed by atoms with Crippen LogP contribution in [0.4, 0.5) is 15.3 Å². The molecule has 2 heterocycles. The molecule has 0 aliphatic carbocycles. The van der Waals surface area contributed by atoms with Gasteiger partial charge in [0, 0.05) is 49.4 Å². The average molecular weight is 640 g/mol. The number of nitrogens with two attached hydrogens (primary N) is 1. The molecule has 1 aromatic heterocycles. The number of likely N-dealkylation sites (tertiary alicyclic amines) is 1. The van der Waals surface area contributed by atoms with Gasteiger partial charge in [-0.05, 0) is 61.2 Å². The van der Waals surface area contributed by atoms with Gasteiger partial charge in [-0.2, -0.15) is 4.99 Å². The lowest BCUT2D eigenvalue weighted by atomic mass is 10.0. The van der Waals surface area contributed by atoms with Crippen molar-refractivity contribution in [2.45, 2.75) is 31.7 Å². The topological polar surface area (TPSA) is 170 Å². The quantitative estimate of drug-likeness (QED) is 0.147. The van der Waals surface area contributed by atoms with Crippen molar-refractivity contribution in [1.82, 2.24) is 19.8 Å². The summed E-state index contributed by atoms with van der Waals surface area (Å²) in [5, 5.41) is 5.71. The Bertz CT molecular complexity index is 1820. The molecule has 1 fully saturated rings. The van der Waals surface area contributed by atoms with Crippen LogP contribution < -0.4 is 16.4 Å². The summed E-state index contributed by atoms with van der Waals surface area (Å²) in [5.41, 5.74) is 10.7. The number of carbonyl (C=O) groups excluding carboxylic acids is 4. The Kier molecular flexibility index (Phi) is 10.1. The molecule has 4 aromatic rings. The predicted octanol–water partition coefficient (Wildman–Crippen LogP) is 4.04. The third-order valence-corrected chi connectivity index (χ3v) is 8.15. The monoisotopic (exact) mass is 639 g/mol. The number of ether oxygens (including phenoxy) is 2. The number of hydrogen-bond acceptors (Lipinski definition) is 7. The molecule has 5 rings (SSSR count). The van der Waals surface area contributed by atoms with Crippen molar-refractivity contribution in [3.8, 4) is 0 Å². The van der Waals surface area contributed by atoms with E-state index in [9.17, 15) is 19.2 Å². The lowest BCUT2D eigenvalue weighted by Crippen LogP contribution is -2.47. The van der Waals surface area contributed by atoms with Crippen molar-refractivity contribution in [2.24, 2.45) is 17.8 Å². The number of imidazole rings is 1. The minimum atomic E-state index is -0.750. The van der Waals surface area contributed by atoms with Crippen LogP contribution in [0.25, 0.3) is 11.0 Å². The number of urea groups is 1. The van der Waals surface area contributed by atoms with Gasteiger partial charge in [0.05, 0.1) is 30.8 Å². The molecule has 13 nitrogen and oxygen atoms in total. The van der Waals surface area contributed by atoms with E-state index in [1.54, 1.807) is 29.2 Å². The summed E-state index contributed by atoms with van der Waals surface area (Å²) in [6.07, 6.45) is 1.90. The fourth-order valence-electron chi connectivity index (χ4n) is 5.52. The van der Waals surface area contributed by atoms with Crippen LogP contribution in [0.5, 0.6) is 0 Å². The van der Waals surface area contributed by atoms with Gasteiger partial charge >= 0.3 is 18.1 Å². The predicted molar refractivity (Wildman–Crippen MR) is 177 cm³/mol. The molecular weight excluding hydrogens is 602 g/mol. The van der Waals surface area contributed by atoms with Gasteiger partial charge in [-0.3, -0.25) is 4.79 Å². The highest BCUT2D eigenvalue weighted by atomic mass is 16.5. The van der Waals surface area contributed by atoms with Crippen LogP contribution in [0, 0.1) is 0 Å². The molecule has 1 aliphatic rings. The van der Waals surface area contributed by atoms with Gasteiger partial charge in [-0.1, -0.05) is 30.3 Å². The van der Waals surface area contributed by atoms with Crippen LogP contribution in [-0.4, -0.2) is 77.6 Å². The molecular formula is C34H37N7O6. The highest BCUT2D eigenvalue weighted by Crippen LogP contribution is 2.21. The van der Waals surface area contributed by atoms with Crippen molar-refractivity contribution in [3.05, 3.63) is 94.8 Å². The number of nitrogens with zero attached hydrogens (tertiary/aromatic N) is 4. The van der Waals surface area contributed by atoms with Crippen LogP contribution in [0.1, 0.15) is 50.5 Å². The largest absolute Gasteiger partial charge is 0.465 e. The van der Waals surface area contributed by atoms with Crippen LogP contribution in [0.15, 0.2) is 71.7 Å². The molecule has 0 spiro atoms. The van der Waals surface area contributed by atoms with E-state index in [4.69, 9.17) is 15.5 Å². The molecule has 47 heavy (non-hydrogen) atoms. The van der Waals surface area contributed by atoms with Crippen molar-refractivity contribution in [3.63, 3.8) is 0 Å². The number of esters is 1. The summed E-state index contributed by atoms with van der Waals surface area (Å²) in [6, 6.07) is 19.1. The van der Waals surface area contributed by atoms with Crippen LogP contribution >= 0.6 is 0 Å². The van der Waals surface area contributed by atoms with E-state index in [2.05, 4.69) is 20.4 Å². The van der Waals surface area contributed by atoms with E-state index in [0.29, 0.717) is 54.7 Å². The van der Waals surface area contributed by atoms with Gasteiger partial charge < -0.3 is 35.3 Å². The third-order valence-electron chi connectivity index (χ3n) is 8.15. The van der Waals surface area contributed by atoms with Gasteiger partial charge in [-0.25, -0.2) is 19.4 Å². The second-order valence-electron chi connectivity index (χ2n) is 11.2. The number of amidine groups is 1. The molecule has 1 aliphatic heterocycles. The smallest absolute Gasteiger partial charge is 0.435 e. The van der Waals surface area contributed by atoms with Gasteiger partial charge in [0.2, 0.25) is 0 Å². The maximum Gasteiger partial charge on any atom is 0.435 e. The van der Waals surface area contributed by atoms with Crippen molar-refractivity contribution in [2.75, 3.05) is 32.6 Å². The number of aryl methyl sites for hydroxylation is 3. The Morgan fingerprint density at radius 1 is 0.915 bits per heavy atom. The Hall–Kier alpha value is -5.72. The first-order chi connectivity index (χ1) is 22.6. The zero-order valence-electron chi connectivity index (χ0n) is 26.5. The number of methoxy groups -OCH3 is 2. The minimum absolute atomic E-state index is 0.0725. The van der Waals surface area contributed by atoms with Gasteiger partial charge in [0.15, 0.2) is 0 Å². The second-order valence-corrected chi connectivity index (χ2v) is 11.2. The first kappa shape index (κ1) is 32.7. The fraction of sp³-hybridized carbons (Fsp3) is 0.294. The molecule has 0 radical (unpaired) electrons. The molecule has 0 bridgehead atoms. The summed E-state index contributed by atoms with van der Waals surface area (Å²) in [4.78, 5) is 59.4. The van der Waals surface area contributed by atoms with E-state index >= 15 is 0 Å². The summed E-state index contributed by atoms with van der Waals surface area (Å²) in [5.74, 6) is 0.429. The van der Waals surface area contributed by atoms with Crippen LogP contribution in [0.3, 0.4) is 0 Å². The zero-order chi connectivity index (χ0) is 33.5. The summed E-state index contributed by atoms with van der Waals surface area (Å²) < 4.78 is 11.3. The molecule has 13 heteroatoms. The number of rotatable bonds is 8. The van der Waals surface area contributed by atoms with Crippen molar-refractivity contribution >= 4 is 46.6 Å². The molecule has 4 amide bonds. The number of fused-ring (bicyclic) bond motifs is 1. The maximum atomic E-state index is 13.4. The lowest BCUT2D eigenvalue weighted by Gasteiger charge is -2.32. The Morgan fingerprint density at radius 3 is 2.34 bits per heavy atom. The molecule has 244 valence electrons. The molecule has 0 saturated carbocycles. The summed E-state index contributed by atoms with van der Waals surface area (Å²) >= 11 is 0. The average Bonchev–Trinajstić information content (AvgIpc) is 3.41. The van der Waals surface area contributed by atoms with E-state index in [1.807, 2.05) is 54.1 Å². The Balaban J connectivity index is 1.14. The highest BCUT2D eigenvalue weighted by Gasteiger charge is 2.25. The number of hydrogen-bond donors (Lipinski definition) is 3. The number of amides is 4. The first-order valence-electron chi connectivity index (χ1n) is 15.2. The lowest BCUT2D eigenvalue weighted by molar-refractivity contribution is 0.0600. The van der Waals surface area contributed by atoms with E-state index < -0.39 is 12.1 Å². The minimum Gasteiger partial charge on any atom is -0.465 e. The SMILES string of the molecule is COC(=O)/N=C(\N)c1ccc(CCc2nc3cc(C(=O)N4CCC(NC(=O)Nc5cccc(C(=O)OC)c5)CC4)ccc3n2C)cc1. The van der Waals surface area contributed by atoms with Crippen molar-refractivity contribution < 1.29 is 28.7 Å². The van der Waals surface area contributed by atoms with Crippen LogP contribution in [0.2, 0.25) is 0 Å². The number of piperidine rings is 1. The summed E-state index contributed by atoms with van der Waals surface area (Å²) in [7, 11) is 4.51. The molecule has 0 atom stereocenters. The molecule has 1 saturated heterocycles. The Morgan fingerprint density at radius 2 is 1.64 bits per heavy atom. The number of aromatic nitrogens is 2. The van der Waals surface area contributed by atoms with Gasteiger partial charge in [0.25, 0.3) is 5.91 Å².